The van der Waals surface area contributed by atoms with E-state index < -0.39 is 0 Å². The smallest absolute Gasteiger partial charge is 0.222 e. The maximum absolute atomic E-state index is 13.1. The predicted octanol–water partition coefficient (Wildman–Crippen LogP) is 3.37. The minimum atomic E-state index is -0.271. The molecule has 25 heavy (non-hydrogen) atoms. The van der Waals surface area contributed by atoms with Crippen molar-refractivity contribution in [2.45, 2.75) is 32.1 Å². The number of carbonyl (C=O) groups is 1. The van der Waals surface area contributed by atoms with E-state index in [0.717, 1.165) is 17.7 Å². The van der Waals surface area contributed by atoms with Crippen LogP contribution in [0.1, 0.15) is 47.3 Å². The number of rotatable bonds is 7. The highest BCUT2D eigenvalue weighted by molar-refractivity contribution is 5.98. The summed E-state index contributed by atoms with van der Waals surface area (Å²) in [5, 5.41) is 3.17. The third kappa shape index (κ3) is 4.39. The average Bonchev–Trinajstić information content (AvgIpc) is 2.62. The summed E-state index contributed by atoms with van der Waals surface area (Å²) in [6.45, 7) is 4.09. The van der Waals surface area contributed by atoms with Crippen LogP contribution in [0.3, 0.4) is 0 Å². The third-order valence-corrected chi connectivity index (χ3v) is 4.33. The number of carbonyl (C=O) groups excluding carboxylic acids is 1. The monoisotopic (exact) mass is 343 g/mol. The number of anilines is 1. The zero-order chi connectivity index (χ0) is 17.6. The highest BCUT2D eigenvalue weighted by Crippen LogP contribution is 2.32. The Morgan fingerprint density at radius 1 is 1.28 bits per heavy atom. The molecule has 2 aromatic rings. The minimum absolute atomic E-state index is 0.0290. The Balaban J connectivity index is 1.69. The first-order valence-corrected chi connectivity index (χ1v) is 8.63. The number of ketones is 1. The summed E-state index contributed by atoms with van der Waals surface area (Å²) in [5.74, 6) is 0.328. The first-order chi connectivity index (χ1) is 12.2. The first-order valence-electron chi connectivity index (χ1n) is 8.63. The quantitative estimate of drug-likeness (QED) is 0.781. The summed E-state index contributed by atoms with van der Waals surface area (Å²) < 4.78 is 18.4. The first kappa shape index (κ1) is 17.5. The molecule has 0 unspecified atom stereocenters. The number of nitrogens with zero attached hydrogens (tertiary/aromatic N) is 2. The fourth-order valence-corrected chi connectivity index (χ4v) is 3.02. The number of hydrogen-bond acceptors (Lipinski definition) is 5. The lowest BCUT2D eigenvalue weighted by Gasteiger charge is -2.23. The maximum Gasteiger partial charge on any atom is 0.222 e. The number of ether oxygens (including phenoxy) is 1. The Morgan fingerprint density at radius 2 is 2.08 bits per heavy atom. The van der Waals surface area contributed by atoms with E-state index in [1.54, 1.807) is 18.3 Å². The molecule has 5 nitrogen and oxygen atoms in total. The van der Waals surface area contributed by atoms with E-state index in [1.165, 1.54) is 12.1 Å². The molecule has 1 N–H and O–H groups in total. The number of benzene rings is 1. The second-order valence-corrected chi connectivity index (χ2v) is 6.11. The van der Waals surface area contributed by atoms with Crippen LogP contribution in [0.2, 0.25) is 0 Å². The zero-order valence-electron chi connectivity index (χ0n) is 14.3. The minimum Gasteiger partial charge on any atom is -0.382 e. The van der Waals surface area contributed by atoms with Crippen molar-refractivity contribution < 1.29 is 13.9 Å². The molecule has 1 aliphatic carbocycles. The molecule has 1 aliphatic rings. The standard InChI is InChI=1S/C19H22FN3O2/c1-2-25-9-3-8-21-19-22-12-16-17(23-19)10-14(11-18(16)24)13-4-6-15(20)7-5-13/h4-7,12,14H,2-3,8-11H2,1H3,(H,21,22,23)/t14-/m0/s1. The highest BCUT2D eigenvalue weighted by Gasteiger charge is 2.28. The molecule has 6 heteroatoms. The molecule has 1 aromatic carbocycles. The second-order valence-electron chi connectivity index (χ2n) is 6.11. The number of Topliss-reactive ketones (excluding diaryl/α,β-unsaturated/α-hetero) is 1. The van der Waals surface area contributed by atoms with Gasteiger partial charge in [-0.2, -0.15) is 0 Å². The van der Waals surface area contributed by atoms with Gasteiger partial charge in [0.15, 0.2) is 5.78 Å². The average molecular weight is 343 g/mol. The largest absolute Gasteiger partial charge is 0.382 e. The van der Waals surface area contributed by atoms with Crippen LogP contribution in [-0.4, -0.2) is 35.5 Å². The van der Waals surface area contributed by atoms with E-state index in [2.05, 4.69) is 15.3 Å². The Kier molecular flexibility index (Phi) is 5.71. The molecule has 0 aliphatic heterocycles. The molecular weight excluding hydrogens is 321 g/mol. The lowest BCUT2D eigenvalue weighted by atomic mass is 9.82. The fourth-order valence-electron chi connectivity index (χ4n) is 3.02. The number of fused-ring (bicyclic) bond motifs is 1. The van der Waals surface area contributed by atoms with Gasteiger partial charge in [-0.1, -0.05) is 12.1 Å². The van der Waals surface area contributed by atoms with Gasteiger partial charge in [0.05, 0.1) is 11.3 Å². The van der Waals surface area contributed by atoms with Gasteiger partial charge in [-0.25, -0.2) is 14.4 Å². The van der Waals surface area contributed by atoms with Crippen molar-refractivity contribution in [3.8, 4) is 0 Å². The van der Waals surface area contributed by atoms with Gasteiger partial charge in [0.1, 0.15) is 5.82 Å². The van der Waals surface area contributed by atoms with Crippen molar-refractivity contribution in [2.75, 3.05) is 25.1 Å². The molecule has 1 atom stereocenters. The van der Waals surface area contributed by atoms with Crippen molar-refractivity contribution >= 4 is 11.7 Å². The van der Waals surface area contributed by atoms with Crippen LogP contribution >= 0.6 is 0 Å². The molecule has 0 bridgehead atoms. The number of aromatic nitrogens is 2. The SMILES string of the molecule is CCOCCCNc1ncc2c(n1)C[C@H](c1ccc(F)cc1)CC2=O. The molecule has 0 fully saturated rings. The van der Waals surface area contributed by atoms with Crippen molar-refractivity contribution in [1.82, 2.24) is 9.97 Å². The summed E-state index contributed by atoms with van der Waals surface area (Å²) in [7, 11) is 0. The topological polar surface area (TPSA) is 64.1 Å². The highest BCUT2D eigenvalue weighted by atomic mass is 19.1. The molecular formula is C19H22FN3O2. The van der Waals surface area contributed by atoms with Gasteiger partial charge in [0, 0.05) is 32.4 Å². The van der Waals surface area contributed by atoms with Gasteiger partial charge in [-0.3, -0.25) is 4.79 Å². The Hall–Kier alpha value is -2.34. The molecule has 132 valence electrons. The fraction of sp³-hybridized carbons (Fsp3) is 0.421. The molecule has 1 heterocycles. The van der Waals surface area contributed by atoms with E-state index in [1.807, 2.05) is 6.92 Å². The van der Waals surface area contributed by atoms with E-state index in [9.17, 15) is 9.18 Å². The van der Waals surface area contributed by atoms with Crippen LogP contribution in [0.5, 0.6) is 0 Å². The molecule has 0 spiro atoms. The summed E-state index contributed by atoms with van der Waals surface area (Å²) in [5.41, 5.74) is 2.32. The summed E-state index contributed by atoms with van der Waals surface area (Å²) in [6, 6.07) is 6.35. The van der Waals surface area contributed by atoms with Gasteiger partial charge in [0.2, 0.25) is 5.95 Å². The van der Waals surface area contributed by atoms with E-state index >= 15 is 0 Å². The van der Waals surface area contributed by atoms with Crippen molar-refractivity contribution in [1.29, 1.82) is 0 Å². The van der Waals surface area contributed by atoms with Crippen LogP contribution in [0.25, 0.3) is 0 Å². The van der Waals surface area contributed by atoms with E-state index in [-0.39, 0.29) is 17.5 Å². The van der Waals surface area contributed by atoms with Gasteiger partial charge in [-0.15, -0.1) is 0 Å². The zero-order valence-corrected chi connectivity index (χ0v) is 14.3. The van der Waals surface area contributed by atoms with Crippen molar-refractivity contribution in [2.24, 2.45) is 0 Å². The normalized spacial score (nSPS) is 16.6. The van der Waals surface area contributed by atoms with Crippen molar-refractivity contribution in [3.63, 3.8) is 0 Å². The second kappa shape index (κ2) is 8.16. The lowest BCUT2D eigenvalue weighted by molar-refractivity contribution is 0.0962. The summed E-state index contributed by atoms with van der Waals surface area (Å²) in [4.78, 5) is 21.1. The summed E-state index contributed by atoms with van der Waals surface area (Å²) >= 11 is 0. The molecule has 1 aromatic heterocycles. The molecule has 0 saturated heterocycles. The number of halogens is 1. The Morgan fingerprint density at radius 3 is 2.84 bits per heavy atom. The Labute approximate surface area is 146 Å². The number of hydrogen-bond donors (Lipinski definition) is 1. The van der Waals surface area contributed by atoms with E-state index in [0.29, 0.717) is 44.1 Å². The maximum atomic E-state index is 13.1. The van der Waals surface area contributed by atoms with Gasteiger partial charge < -0.3 is 10.1 Å². The van der Waals surface area contributed by atoms with Crippen LogP contribution in [0.15, 0.2) is 30.5 Å². The lowest BCUT2D eigenvalue weighted by Crippen LogP contribution is -2.21. The predicted molar refractivity (Wildman–Crippen MR) is 93.4 cm³/mol. The van der Waals surface area contributed by atoms with Crippen LogP contribution in [-0.2, 0) is 11.2 Å². The van der Waals surface area contributed by atoms with Crippen LogP contribution in [0.4, 0.5) is 10.3 Å². The molecule has 0 saturated carbocycles. The van der Waals surface area contributed by atoms with Crippen LogP contribution in [0, 0.1) is 5.82 Å². The molecule has 3 rings (SSSR count). The number of nitrogens with one attached hydrogen (secondary N) is 1. The summed E-state index contributed by atoms with van der Waals surface area (Å²) in [6.07, 6.45) is 3.54. The van der Waals surface area contributed by atoms with Gasteiger partial charge in [0.25, 0.3) is 0 Å². The van der Waals surface area contributed by atoms with Crippen molar-refractivity contribution in [3.05, 3.63) is 53.1 Å². The van der Waals surface area contributed by atoms with Gasteiger partial charge >= 0.3 is 0 Å². The molecule has 0 amide bonds. The third-order valence-electron chi connectivity index (χ3n) is 4.33. The van der Waals surface area contributed by atoms with Crippen LogP contribution < -0.4 is 5.32 Å². The van der Waals surface area contributed by atoms with Gasteiger partial charge in [-0.05, 0) is 43.4 Å². The van der Waals surface area contributed by atoms with E-state index in [4.69, 9.17) is 4.74 Å². The molecule has 0 radical (unpaired) electrons. The Bertz CT molecular complexity index is 734.